The Morgan fingerprint density at radius 1 is 1.33 bits per heavy atom. The molecule has 0 radical (unpaired) electrons. The summed E-state index contributed by atoms with van der Waals surface area (Å²) in [5, 5.41) is 0. The van der Waals surface area contributed by atoms with E-state index in [0.29, 0.717) is 7.14 Å². The molecule has 1 aromatic carbocycles. The molecule has 9 heteroatoms. The van der Waals surface area contributed by atoms with Gasteiger partial charge in [0.05, 0.1) is 0 Å². The second-order valence-corrected chi connectivity index (χ2v) is 7.45. The summed E-state index contributed by atoms with van der Waals surface area (Å²) in [6.07, 6.45) is 0. The quantitative estimate of drug-likeness (QED) is 0.334. The van der Waals surface area contributed by atoms with E-state index in [9.17, 15) is 7.63 Å². The Bertz CT molecular complexity index is 443. The smallest absolute Gasteiger partial charge is 0.403 e. The van der Waals surface area contributed by atoms with Gasteiger partial charge in [-0.25, -0.2) is 4.57 Å². The monoisotopic (exact) mass is 568 g/mol. The van der Waals surface area contributed by atoms with Gasteiger partial charge in [0.25, 0.3) is 0 Å². The highest BCUT2D eigenvalue weighted by Gasteiger charge is 2.20. The summed E-state index contributed by atoms with van der Waals surface area (Å²) in [5.74, 6) is 0.00225. The fourth-order valence-corrected chi connectivity index (χ4v) is 4.57. The first-order chi connectivity index (χ1) is 6.83. The van der Waals surface area contributed by atoms with E-state index in [1.807, 2.05) is 45.2 Å². The Hall–Kier alpha value is 1.16. The zero-order valence-electron chi connectivity index (χ0n) is 6.85. The van der Waals surface area contributed by atoms with Crippen molar-refractivity contribution in [2.45, 2.75) is 0 Å². The molecule has 0 atom stereocenters. The van der Waals surface area contributed by atoms with Crippen LogP contribution in [0.3, 0.4) is 0 Å². The predicted octanol–water partition coefficient (Wildman–Crippen LogP) is 2.85. The Kier molecular flexibility index (Phi) is 5.37. The van der Waals surface area contributed by atoms with Crippen molar-refractivity contribution in [2.75, 3.05) is 0 Å². The predicted molar refractivity (Wildman–Crippen MR) is 78.0 cm³/mol. The molecule has 0 fully saturated rings. The zero-order chi connectivity index (χ0) is 11.6. The molecule has 0 saturated carbocycles. The van der Waals surface area contributed by atoms with E-state index in [4.69, 9.17) is 9.79 Å². The van der Waals surface area contributed by atoms with Gasteiger partial charge in [-0.05, 0) is 57.3 Å². The van der Waals surface area contributed by atoms with Crippen molar-refractivity contribution >= 4 is 74.2 Å². The van der Waals surface area contributed by atoms with Crippen LogP contribution in [0, 0.1) is 10.7 Å². The van der Waals surface area contributed by atoms with Crippen LogP contribution in [0.5, 0.6) is 5.75 Å². The summed E-state index contributed by atoms with van der Waals surface area (Å²) < 4.78 is 27.9. The van der Waals surface area contributed by atoms with Crippen LogP contribution in [0.2, 0.25) is 0 Å². The molecular weight excluding hydrogens is 564 g/mol. The lowest BCUT2D eigenvalue weighted by atomic mass is 10.3. The van der Waals surface area contributed by atoms with E-state index < -0.39 is 29.0 Å². The summed E-state index contributed by atoms with van der Waals surface area (Å²) in [6.45, 7) is 0. The lowest BCUT2D eigenvalue weighted by Gasteiger charge is -2.09. The Balaban J connectivity index is 3.27. The van der Waals surface area contributed by atoms with E-state index in [0.717, 1.165) is 3.57 Å². The van der Waals surface area contributed by atoms with E-state index in [-0.39, 0.29) is 5.75 Å². The van der Waals surface area contributed by atoms with Gasteiger partial charge in [0.1, 0.15) is 9.32 Å². The molecule has 0 amide bonds. The number of halogens is 3. The summed E-state index contributed by atoms with van der Waals surface area (Å²) in [4.78, 5) is 17.3. The van der Waals surface area contributed by atoms with Crippen molar-refractivity contribution < 1.29 is 21.9 Å². The molecule has 0 aliphatic carbocycles. The maximum Gasteiger partial charge on any atom is 0.524 e. The molecule has 5 nitrogen and oxygen atoms in total. The maximum atomic E-state index is 10.9. The molecular formula is C6H4I3O5P. The van der Waals surface area contributed by atoms with Gasteiger partial charge in [-0.2, -0.15) is 0 Å². The first-order valence-electron chi connectivity index (χ1n) is 3.35. The number of phosphoric acid groups is 1. The van der Waals surface area contributed by atoms with Crippen LogP contribution in [-0.4, -0.2) is 9.79 Å². The van der Waals surface area contributed by atoms with Gasteiger partial charge in [0.15, 0.2) is 21.2 Å². The molecule has 0 unspecified atom stereocenters. The number of hydrogen-bond acceptors (Lipinski definition) is 3. The van der Waals surface area contributed by atoms with Crippen LogP contribution in [-0.2, 0) is 7.63 Å². The highest BCUT2D eigenvalue weighted by molar-refractivity contribution is 14.2. The molecule has 0 bridgehead atoms. The molecule has 0 spiro atoms. The molecule has 2 N–H and O–H groups in total. The van der Waals surface area contributed by atoms with Gasteiger partial charge in [-0.3, -0.25) is 12.9 Å². The highest BCUT2D eigenvalue weighted by Crippen LogP contribution is 2.42. The largest absolute Gasteiger partial charge is 0.524 e. The van der Waals surface area contributed by atoms with Crippen LogP contribution >= 0.6 is 74.2 Å². The SMILES string of the molecule is O=Ic1c(I)cc(I)cc1OP(=O)(O)O. The highest BCUT2D eigenvalue weighted by atomic mass is 127. The second-order valence-electron chi connectivity index (χ2n) is 2.36. The zero-order valence-corrected chi connectivity index (χ0v) is 14.2. The van der Waals surface area contributed by atoms with Crippen molar-refractivity contribution in [1.82, 2.24) is 0 Å². The molecule has 0 saturated heterocycles. The fourth-order valence-electron chi connectivity index (χ4n) is 0.802. The van der Waals surface area contributed by atoms with Gasteiger partial charge in [-0.1, -0.05) is 0 Å². The van der Waals surface area contributed by atoms with Crippen molar-refractivity contribution in [1.29, 1.82) is 0 Å². The standard InChI is InChI=1S/C6H4I3O5P/c7-3-1-4(8)6(9-10)5(2-3)14-15(11,12)13/h1-2H,(H2,11,12,13). The second kappa shape index (κ2) is 5.67. The molecule has 84 valence electrons. The average molecular weight is 568 g/mol. The molecule has 0 heterocycles. The summed E-state index contributed by atoms with van der Waals surface area (Å²) in [7, 11) is -4.60. The van der Waals surface area contributed by atoms with E-state index in [1.54, 1.807) is 6.07 Å². The average Bonchev–Trinajstić information content (AvgIpc) is 1.99. The summed E-state index contributed by atoms with van der Waals surface area (Å²) >= 11 is 2.41. The molecule has 1 aromatic rings. The lowest BCUT2D eigenvalue weighted by Crippen LogP contribution is -1.95. The number of phosphoric ester groups is 1. The lowest BCUT2D eigenvalue weighted by molar-refractivity contribution is 0.282. The van der Waals surface area contributed by atoms with Crippen LogP contribution in [0.15, 0.2) is 12.1 Å². The molecule has 0 aromatic heterocycles. The van der Waals surface area contributed by atoms with Gasteiger partial charge in [-0.15, -0.1) is 0 Å². The van der Waals surface area contributed by atoms with Crippen molar-refractivity contribution in [3.63, 3.8) is 0 Å². The topological polar surface area (TPSA) is 83.8 Å². The number of rotatable bonds is 3. The van der Waals surface area contributed by atoms with Crippen LogP contribution in [0.4, 0.5) is 0 Å². The van der Waals surface area contributed by atoms with Gasteiger partial charge in [0.2, 0.25) is 0 Å². The maximum absolute atomic E-state index is 10.9. The first-order valence-corrected chi connectivity index (χ1v) is 8.99. The van der Waals surface area contributed by atoms with Crippen molar-refractivity contribution in [3.8, 4) is 5.75 Å². The fraction of sp³-hybridized carbons (Fsp3) is 0. The van der Waals surface area contributed by atoms with Gasteiger partial charge in [0, 0.05) is 7.14 Å². The van der Waals surface area contributed by atoms with Crippen LogP contribution < -0.4 is 4.52 Å². The summed E-state index contributed by atoms with van der Waals surface area (Å²) in [6, 6.07) is 3.22. The van der Waals surface area contributed by atoms with Crippen LogP contribution in [0.1, 0.15) is 0 Å². The number of hydrogen-bond donors (Lipinski definition) is 2. The third-order valence-electron chi connectivity index (χ3n) is 1.25. The van der Waals surface area contributed by atoms with Crippen LogP contribution in [0.25, 0.3) is 0 Å². The minimum atomic E-state index is -4.60. The summed E-state index contributed by atoms with van der Waals surface area (Å²) in [5.41, 5.74) is 0. The molecule has 0 aliphatic heterocycles. The molecule has 15 heavy (non-hydrogen) atoms. The first kappa shape index (κ1) is 14.2. The van der Waals surface area contributed by atoms with E-state index >= 15 is 0 Å². The Labute approximate surface area is 123 Å². The Morgan fingerprint density at radius 3 is 2.40 bits per heavy atom. The van der Waals surface area contributed by atoms with Gasteiger partial charge < -0.3 is 4.52 Å². The van der Waals surface area contributed by atoms with E-state index in [1.165, 1.54) is 6.07 Å². The molecule has 1 rings (SSSR count). The Morgan fingerprint density at radius 2 is 1.93 bits per heavy atom. The van der Waals surface area contributed by atoms with Gasteiger partial charge >= 0.3 is 7.82 Å². The minimum absolute atomic E-state index is 0.00225. The number of benzene rings is 1. The minimum Gasteiger partial charge on any atom is -0.403 e. The third-order valence-corrected chi connectivity index (χ3v) is 5.75. The van der Waals surface area contributed by atoms with Crippen molar-refractivity contribution in [2.24, 2.45) is 0 Å². The normalized spacial score (nSPS) is 11.5. The van der Waals surface area contributed by atoms with E-state index in [2.05, 4.69) is 4.52 Å². The third kappa shape index (κ3) is 4.50. The van der Waals surface area contributed by atoms with Crippen molar-refractivity contribution in [3.05, 3.63) is 22.8 Å². The molecule has 0 aliphatic rings.